The standard InChI is InChI=1S/C24H28FNO6S2/c1-4-11-26(34(29,30)24-16(2)20-15-18(25)7-10-22(20)33-24)12-13-32-19-8-5-17(6-9-19)14-21(31-3)23(27)28/h5-10,15,21H,4,11-14H2,1-3H3,(H,27,28). The summed E-state index contributed by atoms with van der Waals surface area (Å²) in [6, 6.07) is 11.2. The molecule has 3 aromatic rings. The minimum atomic E-state index is -3.77. The van der Waals surface area contributed by atoms with Crippen molar-refractivity contribution in [1.29, 1.82) is 0 Å². The van der Waals surface area contributed by atoms with Crippen molar-refractivity contribution in [1.82, 2.24) is 4.31 Å². The largest absolute Gasteiger partial charge is 0.492 e. The molecule has 3 rings (SSSR count). The van der Waals surface area contributed by atoms with E-state index in [-0.39, 0.29) is 23.8 Å². The molecule has 1 N–H and O–H groups in total. The summed E-state index contributed by atoms with van der Waals surface area (Å²) >= 11 is 1.14. The number of aryl methyl sites for hydroxylation is 1. The number of halogens is 1. The molecule has 2 aromatic carbocycles. The Labute approximate surface area is 202 Å². The van der Waals surface area contributed by atoms with Gasteiger partial charge >= 0.3 is 5.97 Å². The Kier molecular flexibility index (Phi) is 8.64. The maximum atomic E-state index is 13.7. The van der Waals surface area contributed by atoms with Crippen molar-refractivity contribution in [3.63, 3.8) is 0 Å². The van der Waals surface area contributed by atoms with Gasteiger partial charge in [0.2, 0.25) is 0 Å². The van der Waals surface area contributed by atoms with Crippen LogP contribution in [-0.2, 0) is 26.0 Å². The lowest BCUT2D eigenvalue weighted by Crippen LogP contribution is -2.35. The van der Waals surface area contributed by atoms with E-state index in [9.17, 15) is 17.6 Å². The van der Waals surface area contributed by atoms with Crippen molar-refractivity contribution >= 4 is 37.4 Å². The van der Waals surface area contributed by atoms with Gasteiger partial charge in [-0.15, -0.1) is 11.3 Å². The van der Waals surface area contributed by atoms with E-state index in [1.165, 1.54) is 23.5 Å². The highest BCUT2D eigenvalue weighted by Crippen LogP contribution is 2.36. The van der Waals surface area contributed by atoms with Crippen LogP contribution in [-0.4, -0.2) is 56.7 Å². The topological polar surface area (TPSA) is 93.1 Å². The Morgan fingerprint density at radius 2 is 1.88 bits per heavy atom. The van der Waals surface area contributed by atoms with Crippen LogP contribution in [0.3, 0.4) is 0 Å². The van der Waals surface area contributed by atoms with Gasteiger partial charge in [-0.1, -0.05) is 19.1 Å². The Hall–Kier alpha value is -2.53. The molecule has 0 aliphatic carbocycles. The van der Waals surface area contributed by atoms with E-state index >= 15 is 0 Å². The second kappa shape index (κ2) is 11.3. The third kappa shape index (κ3) is 5.93. The predicted octanol–water partition coefficient (Wildman–Crippen LogP) is 4.47. The first-order chi connectivity index (χ1) is 16.2. The van der Waals surface area contributed by atoms with Gasteiger partial charge < -0.3 is 14.6 Å². The fraction of sp³-hybridized carbons (Fsp3) is 0.375. The van der Waals surface area contributed by atoms with E-state index in [0.29, 0.717) is 29.7 Å². The molecule has 0 saturated heterocycles. The predicted molar refractivity (Wildman–Crippen MR) is 130 cm³/mol. The molecule has 184 valence electrons. The number of ether oxygens (including phenoxy) is 2. The monoisotopic (exact) mass is 509 g/mol. The number of rotatable bonds is 12. The quantitative estimate of drug-likeness (QED) is 0.387. The number of sulfonamides is 1. The van der Waals surface area contributed by atoms with Gasteiger partial charge in [0.15, 0.2) is 6.10 Å². The summed E-state index contributed by atoms with van der Waals surface area (Å²) in [6.45, 7) is 4.24. The number of fused-ring (bicyclic) bond motifs is 1. The Morgan fingerprint density at radius 3 is 2.50 bits per heavy atom. The lowest BCUT2D eigenvalue weighted by Gasteiger charge is -2.21. The van der Waals surface area contributed by atoms with Crippen molar-refractivity contribution in [3.05, 3.63) is 59.4 Å². The normalized spacial score (nSPS) is 12.9. The van der Waals surface area contributed by atoms with Crippen LogP contribution >= 0.6 is 11.3 Å². The first kappa shape index (κ1) is 26.1. The molecule has 7 nitrogen and oxygen atoms in total. The van der Waals surface area contributed by atoms with Crippen LogP contribution in [0.5, 0.6) is 5.75 Å². The molecule has 10 heteroatoms. The Balaban J connectivity index is 1.68. The maximum absolute atomic E-state index is 13.7. The van der Waals surface area contributed by atoms with Crippen molar-refractivity contribution in [2.45, 2.75) is 37.0 Å². The highest BCUT2D eigenvalue weighted by molar-refractivity contribution is 7.91. The van der Waals surface area contributed by atoms with Crippen LogP contribution < -0.4 is 4.74 Å². The average Bonchev–Trinajstić information content (AvgIpc) is 3.14. The number of nitrogens with zero attached hydrogens (tertiary/aromatic N) is 1. The number of carbonyl (C=O) groups is 1. The SMILES string of the molecule is CCCN(CCOc1ccc(CC(OC)C(=O)O)cc1)S(=O)(=O)c1sc2ccc(F)cc2c1C. The second-order valence-electron chi connectivity index (χ2n) is 7.82. The number of aliphatic carboxylic acids is 1. The summed E-state index contributed by atoms with van der Waals surface area (Å²) in [6.07, 6.45) is -0.0579. The zero-order valence-electron chi connectivity index (χ0n) is 19.3. The van der Waals surface area contributed by atoms with Crippen molar-refractivity contribution in [2.75, 3.05) is 26.8 Å². The first-order valence-electron chi connectivity index (χ1n) is 10.8. The molecule has 0 radical (unpaired) electrons. The van der Waals surface area contributed by atoms with Gasteiger partial charge in [-0.05, 0) is 60.2 Å². The summed E-state index contributed by atoms with van der Waals surface area (Å²) in [5, 5.41) is 9.71. The van der Waals surface area contributed by atoms with Crippen LogP contribution in [0.1, 0.15) is 24.5 Å². The van der Waals surface area contributed by atoms with Crippen LogP contribution in [0.15, 0.2) is 46.7 Å². The van der Waals surface area contributed by atoms with Crippen LogP contribution in [0.4, 0.5) is 4.39 Å². The van der Waals surface area contributed by atoms with Gasteiger partial charge in [-0.3, -0.25) is 0 Å². The zero-order valence-corrected chi connectivity index (χ0v) is 20.9. The molecule has 0 aliphatic rings. The number of thiophene rings is 1. The fourth-order valence-electron chi connectivity index (χ4n) is 3.61. The first-order valence-corrected chi connectivity index (χ1v) is 13.1. The van der Waals surface area contributed by atoms with Gasteiger partial charge in [-0.25, -0.2) is 17.6 Å². The summed E-state index contributed by atoms with van der Waals surface area (Å²) in [7, 11) is -2.42. The van der Waals surface area contributed by atoms with Crippen molar-refractivity contribution < 1.29 is 32.2 Å². The number of benzene rings is 2. The number of carboxylic acid groups (broad SMARTS) is 1. The van der Waals surface area contributed by atoms with E-state index in [2.05, 4.69) is 0 Å². The van der Waals surface area contributed by atoms with Crippen LogP contribution in [0.25, 0.3) is 10.1 Å². The van der Waals surface area contributed by atoms with Crippen LogP contribution in [0.2, 0.25) is 0 Å². The van der Waals surface area contributed by atoms with E-state index in [4.69, 9.17) is 14.6 Å². The zero-order chi connectivity index (χ0) is 24.9. The molecule has 1 atom stereocenters. The minimum Gasteiger partial charge on any atom is -0.492 e. The number of hydrogen-bond acceptors (Lipinski definition) is 6. The minimum absolute atomic E-state index is 0.146. The smallest absolute Gasteiger partial charge is 0.333 e. The van der Waals surface area contributed by atoms with Crippen molar-refractivity contribution in [2.24, 2.45) is 0 Å². The van der Waals surface area contributed by atoms with E-state index in [1.807, 2.05) is 6.92 Å². The van der Waals surface area contributed by atoms with Crippen LogP contribution in [0, 0.1) is 12.7 Å². The summed E-state index contributed by atoms with van der Waals surface area (Å²) < 4.78 is 53.5. The highest BCUT2D eigenvalue weighted by atomic mass is 32.2. The fourth-order valence-corrected chi connectivity index (χ4v) is 7.01. The third-order valence-corrected chi connectivity index (χ3v) is 9.18. The number of hydrogen-bond donors (Lipinski definition) is 1. The lowest BCUT2D eigenvalue weighted by atomic mass is 10.1. The van der Waals surface area contributed by atoms with E-state index < -0.39 is 27.9 Å². The van der Waals surface area contributed by atoms with Gasteiger partial charge in [0.05, 0.1) is 0 Å². The molecule has 1 unspecified atom stereocenters. The van der Waals surface area contributed by atoms with E-state index in [0.717, 1.165) is 21.6 Å². The molecule has 0 aliphatic heterocycles. The molecule has 0 spiro atoms. The molecule has 1 heterocycles. The second-order valence-corrected chi connectivity index (χ2v) is 11.0. The average molecular weight is 510 g/mol. The van der Waals surface area contributed by atoms with E-state index in [1.54, 1.807) is 37.3 Å². The number of carboxylic acids is 1. The third-order valence-electron chi connectivity index (χ3n) is 5.42. The highest BCUT2D eigenvalue weighted by Gasteiger charge is 2.28. The molecule has 0 amide bonds. The Bertz CT molecular complexity index is 1240. The molecular formula is C24H28FNO6S2. The van der Waals surface area contributed by atoms with Gasteiger partial charge in [0.25, 0.3) is 10.0 Å². The summed E-state index contributed by atoms with van der Waals surface area (Å²) in [5.41, 5.74) is 1.33. The van der Waals surface area contributed by atoms with Crippen molar-refractivity contribution in [3.8, 4) is 5.75 Å². The van der Waals surface area contributed by atoms with Gasteiger partial charge in [0.1, 0.15) is 22.4 Å². The van der Waals surface area contributed by atoms with Gasteiger partial charge in [-0.2, -0.15) is 4.31 Å². The molecule has 1 aromatic heterocycles. The maximum Gasteiger partial charge on any atom is 0.333 e. The summed E-state index contributed by atoms with van der Waals surface area (Å²) in [4.78, 5) is 11.1. The molecule has 0 bridgehead atoms. The van der Waals surface area contributed by atoms with Gasteiger partial charge in [0, 0.05) is 31.3 Å². The summed E-state index contributed by atoms with van der Waals surface area (Å²) in [5.74, 6) is -0.877. The lowest BCUT2D eigenvalue weighted by molar-refractivity contribution is -0.148. The number of methoxy groups -OCH3 is 1. The molecular weight excluding hydrogens is 481 g/mol. The molecule has 34 heavy (non-hydrogen) atoms. The molecule has 0 saturated carbocycles. The Morgan fingerprint density at radius 1 is 1.18 bits per heavy atom. The molecule has 0 fully saturated rings.